The number of ether oxygens (including phenoxy) is 2. The van der Waals surface area contributed by atoms with Gasteiger partial charge in [-0.25, -0.2) is 0 Å². The van der Waals surface area contributed by atoms with Gasteiger partial charge in [-0.15, -0.1) is 0 Å². The Hall–Kier alpha value is -1.57. The highest BCUT2D eigenvalue weighted by Gasteiger charge is 2.30. The van der Waals surface area contributed by atoms with Crippen molar-refractivity contribution in [2.45, 2.75) is 213 Å². The third-order valence-corrected chi connectivity index (χ3v) is 11.5. The Bertz CT molecular complexity index is 932. The van der Waals surface area contributed by atoms with E-state index in [9.17, 15) is 14.4 Å². The number of hydrogen-bond donors (Lipinski definition) is 0. The Morgan fingerprint density at radius 1 is 0.679 bits per heavy atom. The van der Waals surface area contributed by atoms with Crippen molar-refractivity contribution in [1.82, 2.24) is 9.80 Å². The van der Waals surface area contributed by atoms with Crippen LogP contribution in [-0.2, 0) is 23.9 Å². The van der Waals surface area contributed by atoms with E-state index in [1.807, 2.05) is 6.08 Å². The molecule has 7 nitrogen and oxygen atoms in total. The summed E-state index contributed by atoms with van der Waals surface area (Å²) in [6.07, 6.45) is 35.4. The van der Waals surface area contributed by atoms with E-state index in [-0.39, 0.29) is 23.6 Å². The molecular weight excluding hydrogens is 661 g/mol. The lowest BCUT2D eigenvalue weighted by molar-refractivity contribution is -0.150. The minimum atomic E-state index is 0.00913. The molecule has 0 spiro atoms. The molecule has 308 valence electrons. The smallest absolute Gasteiger partial charge is 0.306 e. The quantitative estimate of drug-likeness (QED) is 0.0359. The molecule has 2 saturated heterocycles. The maximum absolute atomic E-state index is 12.7. The number of nitrogens with zero attached hydrogens (tertiary/aromatic N) is 2. The zero-order chi connectivity index (χ0) is 38.2. The second kappa shape index (κ2) is 32.7. The predicted molar refractivity (Wildman–Crippen MR) is 221 cm³/mol. The van der Waals surface area contributed by atoms with Gasteiger partial charge in [0.25, 0.3) is 0 Å². The van der Waals surface area contributed by atoms with Crippen molar-refractivity contribution in [2.24, 2.45) is 5.92 Å². The summed E-state index contributed by atoms with van der Waals surface area (Å²) in [7, 11) is 0. The fourth-order valence-corrected chi connectivity index (χ4v) is 8.11. The average molecular weight is 745 g/mol. The van der Waals surface area contributed by atoms with Crippen LogP contribution < -0.4 is 0 Å². The number of unbranched alkanes of at least 4 members (excludes halogenated alkanes) is 16. The number of hydrogen-bond acceptors (Lipinski definition) is 7. The lowest BCUT2D eigenvalue weighted by atomic mass is 10.0. The van der Waals surface area contributed by atoms with Crippen LogP contribution >= 0.6 is 0 Å². The maximum atomic E-state index is 12.7. The second-order valence-corrected chi connectivity index (χ2v) is 16.6. The minimum absolute atomic E-state index is 0.00913. The molecule has 0 N–H and O–H groups in total. The van der Waals surface area contributed by atoms with Crippen LogP contribution in [0.4, 0.5) is 0 Å². The van der Waals surface area contributed by atoms with E-state index in [0.717, 1.165) is 117 Å². The number of allylic oxidation sites excluding steroid dienone is 1. The SMILES string of the molecule is CCCCCCCCC(CCCCCCCC)OC(=O)CCCCCCCOC[C@@H]1C[C@H](C=CC(=O)CCN2CCCC2)CN1CCCCCC(C)=O. The van der Waals surface area contributed by atoms with Gasteiger partial charge in [0.15, 0.2) is 5.78 Å². The molecule has 2 atom stereocenters. The molecule has 0 aliphatic carbocycles. The molecule has 2 fully saturated rings. The molecule has 0 aromatic carbocycles. The van der Waals surface area contributed by atoms with Crippen molar-refractivity contribution in [1.29, 1.82) is 0 Å². The number of Topliss-reactive ketones (excluding diaryl/α,β-unsaturated/α-hetero) is 1. The molecule has 2 aliphatic heterocycles. The zero-order valence-electron chi connectivity index (χ0n) is 35.1. The summed E-state index contributed by atoms with van der Waals surface area (Å²) in [6, 6.07) is 0.383. The lowest BCUT2D eigenvalue weighted by Gasteiger charge is -2.24. The van der Waals surface area contributed by atoms with Crippen molar-refractivity contribution in [3.63, 3.8) is 0 Å². The summed E-state index contributed by atoms with van der Waals surface area (Å²) in [5.41, 5.74) is 0. The molecule has 0 unspecified atom stereocenters. The first-order chi connectivity index (χ1) is 25.9. The molecule has 0 radical (unpaired) electrons. The number of carbonyl (C=O) groups is 3. The highest BCUT2D eigenvalue weighted by molar-refractivity contribution is 5.89. The molecule has 7 heteroatoms. The molecular formula is C46H84N2O5. The first-order valence-electron chi connectivity index (χ1n) is 22.8. The Balaban J connectivity index is 1.62. The second-order valence-electron chi connectivity index (χ2n) is 16.6. The fraction of sp³-hybridized carbons (Fsp3) is 0.891. The monoisotopic (exact) mass is 745 g/mol. The van der Waals surface area contributed by atoms with Crippen molar-refractivity contribution < 1.29 is 23.9 Å². The van der Waals surface area contributed by atoms with Gasteiger partial charge in [0.1, 0.15) is 11.9 Å². The van der Waals surface area contributed by atoms with E-state index < -0.39 is 0 Å². The van der Waals surface area contributed by atoms with Crippen LogP contribution in [0.25, 0.3) is 0 Å². The standard InChI is InChI=1S/C46H84N2O5/c1-4-6-8-10-13-19-27-45(28-20-14-11-9-7-5-2)53-46(51)29-21-15-12-16-25-37-52-40-43-38-42(39-48(43)35-22-17-18-26-41(3)49)30-31-44(50)32-36-47-33-23-24-34-47/h30-31,42-43,45H,4-29,32-40H2,1-3H3/t42-,43-/m0/s1. The van der Waals surface area contributed by atoms with Gasteiger partial charge < -0.3 is 19.2 Å². The fourth-order valence-electron chi connectivity index (χ4n) is 8.11. The molecule has 53 heavy (non-hydrogen) atoms. The summed E-state index contributed by atoms with van der Waals surface area (Å²) < 4.78 is 12.3. The molecule has 2 aliphatic rings. The van der Waals surface area contributed by atoms with Crippen LogP contribution in [-0.4, -0.2) is 85.4 Å². The van der Waals surface area contributed by atoms with Gasteiger partial charge >= 0.3 is 5.97 Å². The molecule has 0 saturated carbocycles. The molecule has 0 amide bonds. The Morgan fingerprint density at radius 3 is 1.92 bits per heavy atom. The Labute approximate surface area is 327 Å². The summed E-state index contributed by atoms with van der Waals surface area (Å²) >= 11 is 0. The van der Waals surface area contributed by atoms with Crippen molar-refractivity contribution in [3.05, 3.63) is 12.2 Å². The van der Waals surface area contributed by atoms with E-state index in [2.05, 4.69) is 29.7 Å². The normalized spacial score (nSPS) is 18.2. The van der Waals surface area contributed by atoms with Gasteiger partial charge in [-0.1, -0.05) is 110 Å². The van der Waals surface area contributed by atoms with E-state index in [4.69, 9.17) is 9.47 Å². The number of rotatable bonds is 36. The van der Waals surface area contributed by atoms with Gasteiger partial charge in [-0.3, -0.25) is 14.5 Å². The summed E-state index contributed by atoms with van der Waals surface area (Å²) in [5, 5.41) is 0. The van der Waals surface area contributed by atoms with E-state index in [1.165, 1.54) is 89.9 Å². The van der Waals surface area contributed by atoms with Gasteiger partial charge in [0.2, 0.25) is 0 Å². The summed E-state index contributed by atoms with van der Waals surface area (Å²) in [6.45, 7) is 12.9. The van der Waals surface area contributed by atoms with Gasteiger partial charge in [0, 0.05) is 45.0 Å². The van der Waals surface area contributed by atoms with E-state index in [0.29, 0.717) is 31.2 Å². The highest BCUT2D eigenvalue weighted by Crippen LogP contribution is 2.26. The highest BCUT2D eigenvalue weighted by atomic mass is 16.5. The molecule has 0 bridgehead atoms. The summed E-state index contributed by atoms with van der Waals surface area (Å²) in [5.74, 6) is 0.931. The predicted octanol–water partition coefficient (Wildman–Crippen LogP) is 11.2. The molecule has 2 rings (SSSR count). The number of likely N-dealkylation sites (tertiary alicyclic amines) is 2. The van der Waals surface area contributed by atoms with Crippen molar-refractivity contribution in [2.75, 3.05) is 45.9 Å². The van der Waals surface area contributed by atoms with Gasteiger partial charge in [0.05, 0.1) is 6.61 Å². The number of carbonyl (C=O) groups excluding carboxylic acids is 3. The molecule has 2 heterocycles. The van der Waals surface area contributed by atoms with E-state index >= 15 is 0 Å². The third-order valence-electron chi connectivity index (χ3n) is 11.5. The zero-order valence-corrected chi connectivity index (χ0v) is 35.1. The number of esters is 1. The van der Waals surface area contributed by atoms with Crippen LogP contribution in [0.5, 0.6) is 0 Å². The van der Waals surface area contributed by atoms with Crippen LogP contribution in [0.3, 0.4) is 0 Å². The number of ketones is 2. The maximum Gasteiger partial charge on any atom is 0.306 e. The van der Waals surface area contributed by atoms with E-state index in [1.54, 1.807) is 6.92 Å². The van der Waals surface area contributed by atoms with Gasteiger partial charge in [-0.2, -0.15) is 0 Å². The topological polar surface area (TPSA) is 76.2 Å². The Kier molecular flexibility index (Phi) is 29.3. The first kappa shape index (κ1) is 47.6. The van der Waals surface area contributed by atoms with Gasteiger partial charge in [-0.05, 0) is 109 Å². The van der Waals surface area contributed by atoms with Crippen LogP contribution in [0, 0.1) is 5.92 Å². The average Bonchev–Trinajstić information content (AvgIpc) is 3.81. The Morgan fingerprint density at radius 2 is 1.26 bits per heavy atom. The third kappa shape index (κ3) is 26.0. The largest absolute Gasteiger partial charge is 0.462 e. The van der Waals surface area contributed by atoms with Crippen LogP contribution in [0.2, 0.25) is 0 Å². The van der Waals surface area contributed by atoms with Crippen LogP contribution in [0.15, 0.2) is 12.2 Å². The van der Waals surface area contributed by atoms with Crippen molar-refractivity contribution >= 4 is 17.5 Å². The minimum Gasteiger partial charge on any atom is -0.462 e. The summed E-state index contributed by atoms with van der Waals surface area (Å²) in [4.78, 5) is 41.6. The molecule has 0 aromatic heterocycles. The first-order valence-corrected chi connectivity index (χ1v) is 22.8. The lowest BCUT2D eigenvalue weighted by Crippen LogP contribution is -2.34. The van der Waals surface area contributed by atoms with Crippen molar-refractivity contribution in [3.8, 4) is 0 Å². The molecule has 0 aromatic rings. The van der Waals surface area contributed by atoms with Crippen LogP contribution in [0.1, 0.15) is 201 Å².